The van der Waals surface area contributed by atoms with Crippen LogP contribution in [0.3, 0.4) is 0 Å². The lowest BCUT2D eigenvalue weighted by atomic mass is 10.1. The van der Waals surface area contributed by atoms with Crippen molar-refractivity contribution in [3.05, 3.63) is 28.8 Å². The van der Waals surface area contributed by atoms with Gasteiger partial charge in [0.1, 0.15) is 9.84 Å². The number of halogens is 1. The number of aliphatic imine (C=N–C) groups is 1. The Morgan fingerprint density at radius 1 is 1.28 bits per heavy atom. The van der Waals surface area contributed by atoms with E-state index in [1.54, 1.807) is 7.05 Å². The molecule has 25 heavy (non-hydrogen) atoms. The number of sulfone groups is 1. The number of guanidine groups is 1. The van der Waals surface area contributed by atoms with Gasteiger partial charge in [0.25, 0.3) is 0 Å². The summed E-state index contributed by atoms with van der Waals surface area (Å²) in [5, 5.41) is 4.01. The van der Waals surface area contributed by atoms with Crippen LogP contribution in [0.2, 0.25) is 5.02 Å². The molecule has 0 amide bonds. The first-order valence-electron chi connectivity index (χ1n) is 8.44. The Hall–Kier alpha value is -1.47. The molecule has 1 aromatic carbocycles. The molecule has 0 aromatic heterocycles. The van der Waals surface area contributed by atoms with Crippen molar-refractivity contribution in [2.24, 2.45) is 4.99 Å². The van der Waals surface area contributed by atoms with E-state index in [2.05, 4.69) is 27.0 Å². The number of anilines is 1. The zero-order valence-corrected chi connectivity index (χ0v) is 16.7. The van der Waals surface area contributed by atoms with Crippen LogP contribution in [0, 0.1) is 6.92 Å². The lowest BCUT2D eigenvalue weighted by Gasteiger charge is -2.38. The van der Waals surface area contributed by atoms with Gasteiger partial charge in [-0.1, -0.05) is 17.7 Å². The zero-order chi connectivity index (χ0) is 18.4. The van der Waals surface area contributed by atoms with Gasteiger partial charge in [0.05, 0.1) is 5.75 Å². The van der Waals surface area contributed by atoms with Crippen molar-refractivity contribution in [1.82, 2.24) is 10.2 Å². The minimum absolute atomic E-state index is 0.193. The largest absolute Gasteiger partial charge is 0.368 e. The fourth-order valence-electron chi connectivity index (χ4n) is 2.95. The van der Waals surface area contributed by atoms with Crippen LogP contribution in [-0.4, -0.2) is 71.1 Å². The molecule has 0 bridgehead atoms. The van der Waals surface area contributed by atoms with Gasteiger partial charge in [0, 0.05) is 56.7 Å². The Morgan fingerprint density at radius 3 is 2.56 bits per heavy atom. The van der Waals surface area contributed by atoms with Crippen LogP contribution in [0.25, 0.3) is 0 Å². The summed E-state index contributed by atoms with van der Waals surface area (Å²) in [6, 6.07) is 5.98. The first kappa shape index (κ1) is 19.8. The zero-order valence-electron chi connectivity index (χ0n) is 15.1. The van der Waals surface area contributed by atoms with Gasteiger partial charge >= 0.3 is 0 Å². The molecule has 0 saturated carbocycles. The summed E-state index contributed by atoms with van der Waals surface area (Å²) in [7, 11) is -1.15. The first-order valence-corrected chi connectivity index (χ1v) is 10.9. The van der Waals surface area contributed by atoms with E-state index in [0.717, 1.165) is 37.2 Å². The maximum Gasteiger partial charge on any atom is 0.193 e. The summed E-state index contributed by atoms with van der Waals surface area (Å²) >= 11 is 6.13. The van der Waals surface area contributed by atoms with E-state index in [4.69, 9.17) is 11.6 Å². The molecule has 140 valence electrons. The van der Waals surface area contributed by atoms with E-state index in [9.17, 15) is 8.42 Å². The van der Waals surface area contributed by atoms with Crippen molar-refractivity contribution in [1.29, 1.82) is 0 Å². The smallest absolute Gasteiger partial charge is 0.193 e. The molecular formula is C17H27ClN4O2S. The van der Waals surface area contributed by atoms with Crippen LogP contribution < -0.4 is 10.2 Å². The third-order valence-electron chi connectivity index (χ3n) is 4.28. The maximum atomic E-state index is 11.2. The van der Waals surface area contributed by atoms with E-state index < -0.39 is 9.84 Å². The number of aryl methyl sites for hydroxylation is 1. The van der Waals surface area contributed by atoms with Gasteiger partial charge in [0.2, 0.25) is 0 Å². The molecule has 0 atom stereocenters. The van der Waals surface area contributed by atoms with Gasteiger partial charge in [-0.05, 0) is 31.0 Å². The van der Waals surface area contributed by atoms with Gasteiger partial charge < -0.3 is 15.1 Å². The van der Waals surface area contributed by atoms with E-state index >= 15 is 0 Å². The standard InChI is InChI=1S/C17H27ClN4O2S/c1-14-5-6-15(18)13-16(14)21-8-10-22(11-9-21)17(19-2)20-7-4-12-25(3,23)24/h5-6,13H,4,7-12H2,1-3H3,(H,19,20). The monoisotopic (exact) mass is 386 g/mol. The van der Waals surface area contributed by atoms with Gasteiger partial charge in [-0.15, -0.1) is 0 Å². The van der Waals surface area contributed by atoms with Gasteiger partial charge in [-0.3, -0.25) is 4.99 Å². The summed E-state index contributed by atoms with van der Waals surface area (Å²) in [5.74, 6) is 1.02. The molecule has 0 spiro atoms. The van der Waals surface area contributed by atoms with Crippen molar-refractivity contribution in [2.45, 2.75) is 13.3 Å². The molecule has 1 saturated heterocycles. The SMILES string of the molecule is CN=C(NCCCS(C)(=O)=O)N1CCN(c2cc(Cl)ccc2C)CC1. The van der Waals surface area contributed by atoms with Crippen LogP contribution in [-0.2, 0) is 9.84 Å². The van der Waals surface area contributed by atoms with Crippen molar-refractivity contribution in [3.8, 4) is 0 Å². The maximum absolute atomic E-state index is 11.2. The first-order chi connectivity index (χ1) is 11.8. The van der Waals surface area contributed by atoms with E-state index in [-0.39, 0.29) is 5.75 Å². The van der Waals surface area contributed by atoms with Crippen LogP contribution in [0.15, 0.2) is 23.2 Å². The average Bonchev–Trinajstić information content (AvgIpc) is 2.56. The third-order valence-corrected chi connectivity index (χ3v) is 5.54. The molecule has 1 N–H and O–H groups in total. The molecule has 1 heterocycles. The fraction of sp³-hybridized carbons (Fsp3) is 0.588. The highest BCUT2D eigenvalue weighted by molar-refractivity contribution is 7.90. The Labute approximate surface area is 155 Å². The topological polar surface area (TPSA) is 65.0 Å². The Balaban J connectivity index is 1.86. The molecular weight excluding hydrogens is 360 g/mol. The number of rotatable bonds is 5. The Bertz CT molecular complexity index is 713. The van der Waals surface area contributed by atoms with E-state index in [1.807, 2.05) is 18.2 Å². The predicted octanol–water partition coefficient (Wildman–Crippen LogP) is 1.78. The number of nitrogens with zero attached hydrogens (tertiary/aromatic N) is 3. The van der Waals surface area contributed by atoms with Gasteiger partial charge in [-0.25, -0.2) is 8.42 Å². The highest BCUT2D eigenvalue weighted by atomic mass is 35.5. The Kier molecular flexibility index (Phi) is 6.95. The van der Waals surface area contributed by atoms with E-state index in [1.165, 1.54) is 17.5 Å². The number of hydrogen-bond acceptors (Lipinski definition) is 4. The molecule has 1 aromatic rings. The number of hydrogen-bond donors (Lipinski definition) is 1. The second kappa shape index (κ2) is 8.76. The molecule has 1 aliphatic heterocycles. The normalized spacial score (nSPS) is 16.2. The molecule has 6 nitrogen and oxygen atoms in total. The van der Waals surface area contributed by atoms with Gasteiger partial charge in [0.15, 0.2) is 5.96 Å². The highest BCUT2D eigenvalue weighted by Crippen LogP contribution is 2.25. The highest BCUT2D eigenvalue weighted by Gasteiger charge is 2.20. The average molecular weight is 387 g/mol. The van der Waals surface area contributed by atoms with Crippen LogP contribution in [0.1, 0.15) is 12.0 Å². The summed E-state index contributed by atoms with van der Waals surface area (Å²) in [6.45, 7) is 6.21. The van der Waals surface area contributed by atoms with Crippen molar-refractivity contribution in [3.63, 3.8) is 0 Å². The summed E-state index contributed by atoms with van der Waals surface area (Å²) in [6.07, 6.45) is 1.85. The number of piperazine rings is 1. The molecule has 8 heteroatoms. The van der Waals surface area contributed by atoms with Crippen molar-refractivity contribution >= 4 is 33.1 Å². The van der Waals surface area contributed by atoms with E-state index in [0.29, 0.717) is 13.0 Å². The summed E-state index contributed by atoms with van der Waals surface area (Å²) < 4.78 is 22.4. The lowest BCUT2D eigenvalue weighted by Crippen LogP contribution is -2.52. The third kappa shape index (κ3) is 6.08. The second-order valence-corrected chi connectivity index (χ2v) is 9.06. The number of benzene rings is 1. The Morgan fingerprint density at radius 2 is 1.96 bits per heavy atom. The molecule has 0 unspecified atom stereocenters. The van der Waals surface area contributed by atoms with Crippen molar-refractivity contribution in [2.75, 3.05) is 56.7 Å². The molecule has 0 aliphatic carbocycles. The molecule has 2 rings (SSSR count). The summed E-state index contributed by atoms with van der Waals surface area (Å²) in [5.41, 5.74) is 2.41. The van der Waals surface area contributed by atoms with Crippen LogP contribution in [0.4, 0.5) is 5.69 Å². The minimum atomic E-state index is -2.91. The fourth-order valence-corrected chi connectivity index (χ4v) is 3.78. The molecule has 0 radical (unpaired) electrons. The summed E-state index contributed by atoms with van der Waals surface area (Å²) in [4.78, 5) is 8.86. The minimum Gasteiger partial charge on any atom is -0.368 e. The van der Waals surface area contributed by atoms with Crippen molar-refractivity contribution < 1.29 is 8.42 Å². The van der Waals surface area contributed by atoms with Crippen LogP contribution in [0.5, 0.6) is 0 Å². The second-order valence-electron chi connectivity index (χ2n) is 6.36. The van der Waals surface area contributed by atoms with Gasteiger partial charge in [-0.2, -0.15) is 0 Å². The van der Waals surface area contributed by atoms with Crippen LogP contribution >= 0.6 is 11.6 Å². The quantitative estimate of drug-likeness (QED) is 0.474. The molecule has 1 aliphatic rings. The lowest BCUT2D eigenvalue weighted by molar-refractivity contribution is 0.372. The number of nitrogens with one attached hydrogen (secondary N) is 1. The predicted molar refractivity (Wildman–Crippen MR) is 106 cm³/mol. The molecule has 1 fully saturated rings.